The van der Waals surface area contributed by atoms with Gasteiger partial charge in [-0.05, 0) is 73.2 Å². The number of hydrogen-bond acceptors (Lipinski definition) is 5. The van der Waals surface area contributed by atoms with Crippen LogP contribution in [0.3, 0.4) is 0 Å². The molecular formula is C29H27ClN2O4S2. The van der Waals surface area contributed by atoms with Crippen LogP contribution in [0.4, 0.5) is 11.4 Å². The Bertz CT molecular complexity index is 1490. The number of aryl methyl sites for hydroxylation is 1. The smallest absolute Gasteiger partial charge is 0.264 e. The molecule has 0 spiro atoms. The summed E-state index contributed by atoms with van der Waals surface area (Å²) < 4.78 is 33.6. The van der Waals surface area contributed by atoms with Crippen LogP contribution in [0.1, 0.15) is 11.1 Å². The molecule has 0 radical (unpaired) electrons. The Morgan fingerprint density at radius 3 is 2.24 bits per heavy atom. The molecule has 1 N–H and O–H groups in total. The largest absolute Gasteiger partial charge is 0.497 e. The number of carbonyl (C=O) groups excluding carboxylic acids is 1. The van der Waals surface area contributed by atoms with Crippen LogP contribution in [0.25, 0.3) is 0 Å². The van der Waals surface area contributed by atoms with Gasteiger partial charge >= 0.3 is 0 Å². The fraction of sp³-hybridized carbons (Fsp3) is 0.138. The van der Waals surface area contributed by atoms with Gasteiger partial charge < -0.3 is 10.1 Å². The molecule has 0 unspecified atom stereocenters. The van der Waals surface area contributed by atoms with E-state index in [0.29, 0.717) is 27.9 Å². The van der Waals surface area contributed by atoms with Gasteiger partial charge in [0.15, 0.2) is 0 Å². The molecule has 0 bridgehead atoms. The first-order chi connectivity index (χ1) is 18.3. The minimum absolute atomic E-state index is 0.102. The number of ether oxygens (including phenoxy) is 1. The molecule has 0 fully saturated rings. The molecule has 4 aromatic carbocycles. The number of nitrogens with one attached hydrogen (secondary N) is 1. The average Bonchev–Trinajstić information content (AvgIpc) is 2.92. The first-order valence-corrected chi connectivity index (χ1v) is 14.6. The summed E-state index contributed by atoms with van der Waals surface area (Å²) in [6, 6.07) is 28.1. The molecule has 6 nitrogen and oxygen atoms in total. The minimum atomic E-state index is -4.02. The fourth-order valence-electron chi connectivity index (χ4n) is 3.66. The van der Waals surface area contributed by atoms with Crippen molar-refractivity contribution in [3.63, 3.8) is 0 Å². The van der Waals surface area contributed by atoms with Crippen molar-refractivity contribution in [2.45, 2.75) is 22.5 Å². The highest BCUT2D eigenvalue weighted by molar-refractivity contribution is 7.98. The number of nitrogens with zero attached hydrogens (tertiary/aromatic N) is 1. The fourth-order valence-corrected chi connectivity index (χ4v) is 6.17. The zero-order chi connectivity index (χ0) is 27.1. The lowest BCUT2D eigenvalue weighted by molar-refractivity contribution is -0.114. The molecule has 1 amide bonds. The van der Waals surface area contributed by atoms with E-state index < -0.39 is 22.5 Å². The van der Waals surface area contributed by atoms with Crippen LogP contribution in [0.2, 0.25) is 5.02 Å². The number of hydrogen-bond donors (Lipinski definition) is 1. The molecule has 0 aliphatic rings. The number of halogens is 1. The van der Waals surface area contributed by atoms with Gasteiger partial charge in [-0.1, -0.05) is 53.6 Å². The second-order valence-electron chi connectivity index (χ2n) is 8.48. The van der Waals surface area contributed by atoms with Crippen LogP contribution in [-0.4, -0.2) is 28.0 Å². The second kappa shape index (κ2) is 12.4. The number of benzene rings is 4. The number of anilines is 2. The summed E-state index contributed by atoms with van der Waals surface area (Å²) >= 11 is 7.55. The number of amides is 1. The molecule has 38 heavy (non-hydrogen) atoms. The van der Waals surface area contributed by atoms with E-state index >= 15 is 0 Å². The summed E-state index contributed by atoms with van der Waals surface area (Å²) in [6.45, 7) is 1.48. The zero-order valence-electron chi connectivity index (χ0n) is 20.9. The first-order valence-electron chi connectivity index (χ1n) is 11.8. The summed E-state index contributed by atoms with van der Waals surface area (Å²) in [6.07, 6.45) is 0. The summed E-state index contributed by atoms with van der Waals surface area (Å²) in [4.78, 5) is 14.2. The lowest BCUT2D eigenvalue weighted by Gasteiger charge is -2.24. The van der Waals surface area contributed by atoms with Crippen molar-refractivity contribution in [3.05, 3.63) is 113 Å². The van der Waals surface area contributed by atoms with E-state index in [2.05, 4.69) is 5.32 Å². The second-order valence-corrected chi connectivity index (χ2v) is 11.8. The minimum Gasteiger partial charge on any atom is -0.497 e. The maximum atomic E-state index is 13.6. The SMILES string of the molecule is COc1ccc(N(CC(=O)Nc2ccccc2SCc2ccc(Cl)cc2)S(=O)(=O)c2ccc(C)cc2)cc1. The average molecular weight is 567 g/mol. The van der Waals surface area contributed by atoms with E-state index in [1.807, 2.05) is 49.4 Å². The summed E-state index contributed by atoms with van der Waals surface area (Å²) in [5.41, 5.74) is 2.99. The van der Waals surface area contributed by atoms with Crippen LogP contribution in [-0.2, 0) is 20.6 Å². The van der Waals surface area contributed by atoms with Crippen LogP contribution < -0.4 is 14.4 Å². The quantitative estimate of drug-likeness (QED) is 0.214. The van der Waals surface area contributed by atoms with Gasteiger partial charge in [0.25, 0.3) is 10.0 Å². The lowest BCUT2D eigenvalue weighted by atomic mass is 10.2. The van der Waals surface area contributed by atoms with Gasteiger partial charge in [0, 0.05) is 15.7 Å². The van der Waals surface area contributed by atoms with Crippen LogP contribution >= 0.6 is 23.4 Å². The number of methoxy groups -OCH3 is 1. The molecule has 0 aromatic heterocycles. The van der Waals surface area contributed by atoms with Crippen LogP contribution in [0.5, 0.6) is 5.75 Å². The Hall–Kier alpha value is -3.46. The van der Waals surface area contributed by atoms with Crippen molar-refractivity contribution in [2.75, 3.05) is 23.3 Å². The van der Waals surface area contributed by atoms with Crippen LogP contribution in [0.15, 0.2) is 107 Å². The highest BCUT2D eigenvalue weighted by atomic mass is 35.5. The topological polar surface area (TPSA) is 75.7 Å². The molecule has 9 heteroatoms. The lowest BCUT2D eigenvalue weighted by Crippen LogP contribution is -2.38. The number of rotatable bonds is 10. The zero-order valence-corrected chi connectivity index (χ0v) is 23.3. The number of thioether (sulfide) groups is 1. The Morgan fingerprint density at radius 2 is 1.58 bits per heavy atom. The van der Waals surface area contributed by atoms with E-state index in [-0.39, 0.29) is 4.90 Å². The monoisotopic (exact) mass is 566 g/mol. The third-order valence-electron chi connectivity index (χ3n) is 5.73. The Labute approximate surface area is 232 Å². The number of para-hydroxylation sites is 1. The standard InChI is InChI=1S/C29H27ClN2O4S2/c1-21-7-17-26(18-8-21)38(34,35)32(24-13-15-25(36-2)16-14-24)19-29(33)31-27-5-3-4-6-28(27)37-20-22-9-11-23(30)12-10-22/h3-18H,19-20H2,1-2H3,(H,31,33). The summed E-state index contributed by atoms with van der Waals surface area (Å²) in [5.74, 6) is 0.803. The predicted molar refractivity (Wildman–Crippen MR) is 155 cm³/mol. The summed E-state index contributed by atoms with van der Waals surface area (Å²) in [7, 11) is -2.49. The highest BCUT2D eigenvalue weighted by Gasteiger charge is 2.27. The maximum Gasteiger partial charge on any atom is 0.264 e. The van der Waals surface area contributed by atoms with Gasteiger partial charge in [0.05, 0.1) is 23.4 Å². The highest BCUT2D eigenvalue weighted by Crippen LogP contribution is 2.31. The molecule has 0 saturated heterocycles. The molecule has 0 aliphatic heterocycles. The van der Waals surface area contributed by atoms with Crippen molar-refractivity contribution < 1.29 is 17.9 Å². The van der Waals surface area contributed by atoms with Gasteiger partial charge in [-0.2, -0.15) is 0 Å². The molecule has 196 valence electrons. The van der Waals surface area contributed by atoms with E-state index in [0.717, 1.165) is 20.3 Å². The van der Waals surface area contributed by atoms with Crippen molar-refractivity contribution >= 4 is 50.7 Å². The molecule has 4 aromatic rings. The Kier molecular flexibility index (Phi) is 8.99. The molecule has 4 rings (SSSR count). The van der Waals surface area contributed by atoms with Crippen molar-refractivity contribution in [2.24, 2.45) is 0 Å². The van der Waals surface area contributed by atoms with Gasteiger partial charge in [-0.15, -0.1) is 11.8 Å². The predicted octanol–water partition coefficient (Wildman–Crippen LogP) is 6.78. The van der Waals surface area contributed by atoms with Crippen molar-refractivity contribution in [1.82, 2.24) is 0 Å². The van der Waals surface area contributed by atoms with E-state index in [9.17, 15) is 13.2 Å². The van der Waals surface area contributed by atoms with Crippen LogP contribution in [0, 0.1) is 6.92 Å². The molecule has 0 aliphatic carbocycles. The molecular weight excluding hydrogens is 540 g/mol. The summed E-state index contributed by atoms with van der Waals surface area (Å²) in [5, 5.41) is 3.57. The molecule has 0 atom stereocenters. The van der Waals surface area contributed by atoms with Crippen molar-refractivity contribution in [3.8, 4) is 5.75 Å². The Balaban J connectivity index is 1.56. The van der Waals surface area contributed by atoms with Gasteiger partial charge in [0.1, 0.15) is 12.3 Å². The van der Waals surface area contributed by atoms with E-state index in [4.69, 9.17) is 16.3 Å². The van der Waals surface area contributed by atoms with Crippen molar-refractivity contribution in [1.29, 1.82) is 0 Å². The van der Waals surface area contributed by atoms with E-state index in [1.165, 1.54) is 7.11 Å². The number of carbonyl (C=O) groups is 1. The molecule has 0 saturated carbocycles. The Morgan fingerprint density at radius 1 is 0.921 bits per heavy atom. The molecule has 0 heterocycles. The first kappa shape index (κ1) is 27.6. The van der Waals surface area contributed by atoms with Gasteiger partial charge in [-0.25, -0.2) is 8.42 Å². The van der Waals surface area contributed by atoms with Gasteiger partial charge in [-0.3, -0.25) is 9.10 Å². The van der Waals surface area contributed by atoms with E-state index in [1.54, 1.807) is 66.4 Å². The third kappa shape index (κ3) is 6.89. The maximum absolute atomic E-state index is 13.6. The normalized spacial score (nSPS) is 11.1. The number of sulfonamides is 1. The van der Waals surface area contributed by atoms with Gasteiger partial charge in [0.2, 0.25) is 5.91 Å². The third-order valence-corrected chi connectivity index (χ3v) is 8.91.